The highest BCUT2D eigenvalue weighted by Gasteiger charge is 2.18. The van der Waals surface area contributed by atoms with Crippen LogP contribution in [0.3, 0.4) is 0 Å². The minimum atomic E-state index is -0.389. The Kier molecular flexibility index (Phi) is 4.06. The van der Waals surface area contributed by atoms with Crippen molar-refractivity contribution in [3.05, 3.63) is 45.7 Å². The molecular formula is C14H11Cl2N5O2. The van der Waals surface area contributed by atoms with E-state index in [9.17, 15) is 4.79 Å². The molecule has 0 saturated carbocycles. The molecule has 23 heavy (non-hydrogen) atoms. The number of halogens is 2. The number of aromatic nitrogens is 4. The van der Waals surface area contributed by atoms with Crippen molar-refractivity contribution in [1.29, 1.82) is 0 Å². The molecule has 9 heteroatoms. The van der Waals surface area contributed by atoms with E-state index in [0.717, 1.165) is 5.56 Å². The Balaban J connectivity index is 1.84. The molecular weight excluding hydrogens is 341 g/mol. The average molecular weight is 352 g/mol. The van der Waals surface area contributed by atoms with Gasteiger partial charge in [0.25, 0.3) is 11.8 Å². The second-order valence-electron chi connectivity index (χ2n) is 4.79. The molecule has 3 rings (SSSR count). The van der Waals surface area contributed by atoms with Gasteiger partial charge in [0, 0.05) is 12.1 Å². The number of hydrogen-bond donors (Lipinski definition) is 1. The van der Waals surface area contributed by atoms with Crippen molar-refractivity contribution < 1.29 is 9.21 Å². The minimum absolute atomic E-state index is 0.0309. The van der Waals surface area contributed by atoms with Crippen LogP contribution in [-0.4, -0.2) is 25.9 Å². The van der Waals surface area contributed by atoms with Gasteiger partial charge in [0.2, 0.25) is 0 Å². The van der Waals surface area contributed by atoms with Gasteiger partial charge in [-0.1, -0.05) is 28.3 Å². The second-order valence-corrected chi connectivity index (χ2v) is 5.63. The van der Waals surface area contributed by atoms with Crippen molar-refractivity contribution in [3.8, 4) is 11.5 Å². The van der Waals surface area contributed by atoms with Crippen LogP contribution in [0.1, 0.15) is 16.1 Å². The minimum Gasteiger partial charge on any atom is -0.403 e. The molecule has 0 spiro atoms. The number of carbonyl (C=O) groups excluding carboxylic acids is 1. The standard InChI is InChI=1S/C14H11Cl2N5O2/c1-7-6-17-21(2)11(7)12(22)18-14-20-19-13(23-14)9-4-3-8(15)5-10(9)16/h3-6H,1-2H3,(H,18,20,22). The number of anilines is 1. The molecule has 7 nitrogen and oxygen atoms in total. The maximum Gasteiger partial charge on any atom is 0.322 e. The Morgan fingerprint density at radius 2 is 2.09 bits per heavy atom. The predicted molar refractivity (Wildman–Crippen MR) is 85.7 cm³/mol. The first-order valence-electron chi connectivity index (χ1n) is 6.54. The summed E-state index contributed by atoms with van der Waals surface area (Å²) in [7, 11) is 1.68. The topological polar surface area (TPSA) is 85.8 Å². The smallest absolute Gasteiger partial charge is 0.322 e. The van der Waals surface area contributed by atoms with Gasteiger partial charge >= 0.3 is 6.01 Å². The third kappa shape index (κ3) is 3.06. The normalized spacial score (nSPS) is 10.8. The lowest BCUT2D eigenvalue weighted by Crippen LogP contribution is -2.17. The van der Waals surface area contributed by atoms with E-state index in [1.807, 2.05) is 0 Å². The Hall–Kier alpha value is -2.38. The maximum absolute atomic E-state index is 12.2. The fourth-order valence-electron chi connectivity index (χ4n) is 2.08. The first-order valence-corrected chi connectivity index (χ1v) is 7.30. The molecule has 2 aromatic heterocycles. The molecule has 0 fully saturated rings. The summed E-state index contributed by atoms with van der Waals surface area (Å²) in [5, 5.41) is 15.1. The summed E-state index contributed by atoms with van der Waals surface area (Å²) < 4.78 is 6.90. The van der Waals surface area contributed by atoms with Gasteiger partial charge < -0.3 is 4.42 Å². The van der Waals surface area contributed by atoms with Gasteiger partial charge in [-0.3, -0.25) is 14.8 Å². The number of nitrogens with one attached hydrogen (secondary N) is 1. The zero-order valence-corrected chi connectivity index (χ0v) is 13.7. The fraction of sp³-hybridized carbons (Fsp3) is 0.143. The van der Waals surface area contributed by atoms with Crippen molar-refractivity contribution in [3.63, 3.8) is 0 Å². The Labute approximate surface area is 141 Å². The molecule has 0 saturated heterocycles. The van der Waals surface area contributed by atoms with Crippen LogP contribution in [0.15, 0.2) is 28.8 Å². The summed E-state index contributed by atoms with van der Waals surface area (Å²) in [6.07, 6.45) is 1.60. The van der Waals surface area contributed by atoms with E-state index in [-0.39, 0.29) is 17.8 Å². The zero-order valence-electron chi connectivity index (χ0n) is 12.2. The largest absolute Gasteiger partial charge is 0.403 e. The third-order valence-electron chi connectivity index (χ3n) is 3.14. The summed E-state index contributed by atoms with van der Waals surface area (Å²) in [4.78, 5) is 12.2. The fourth-order valence-corrected chi connectivity index (χ4v) is 2.56. The number of hydrogen-bond acceptors (Lipinski definition) is 5. The van der Waals surface area contributed by atoms with Gasteiger partial charge in [0.15, 0.2) is 0 Å². The molecule has 0 aliphatic heterocycles. The van der Waals surface area contributed by atoms with E-state index in [0.29, 0.717) is 21.3 Å². The molecule has 1 aromatic carbocycles. The van der Waals surface area contributed by atoms with Crippen LogP contribution in [0.2, 0.25) is 10.0 Å². The summed E-state index contributed by atoms with van der Waals surface area (Å²) in [6.45, 7) is 1.79. The monoisotopic (exact) mass is 351 g/mol. The highest BCUT2D eigenvalue weighted by Crippen LogP contribution is 2.30. The third-order valence-corrected chi connectivity index (χ3v) is 3.69. The van der Waals surface area contributed by atoms with Gasteiger partial charge in [-0.2, -0.15) is 5.10 Å². The van der Waals surface area contributed by atoms with Crippen molar-refractivity contribution in [2.45, 2.75) is 6.92 Å². The van der Waals surface area contributed by atoms with Crippen molar-refractivity contribution in [2.24, 2.45) is 7.05 Å². The number of rotatable bonds is 3. The summed E-state index contributed by atoms with van der Waals surface area (Å²) in [6, 6.07) is 4.86. The maximum atomic E-state index is 12.2. The molecule has 2 heterocycles. The van der Waals surface area contributed by atoms with Crippen LogP contribution >= 0.6 is 23.2 Å². The summed E-state index contributed by atoms with van der Waals surface area (Å²) in [5.41, 5.74) is 1.68. The van der Waals surface area contributed by atoms with Gasteiger partial charge in [-0.15, -0.1) is 5.10 Å². The van der Waals surface area contributed by atoms with E-state index >= 15 is 0 Å². The lowest BCUT2D eigenvalue weighted by Gasteiger charge is -2.02. The predicted octanol–water partition coefficient (Wildman–Crippen LogP) is 3.34. The van der Waals surface area contributed by atoms with Gasteiger partial charge in [0.1, 0.15) is 5.69 Å². The molecule has 1 N–H and O–H groups in total. The van der Waals surface area contributed by atoms with E-state index in [2.05, 4.69) is 20.6 Å². The highest BCUT2D eigenvalue weighted by molar-refractivity contribution is 6.36. The zero-order chi connectivity index (χ0) is 16.6. The van der Waals surface area contributed by atoms with E-state index in [1.165, 1.54) is 4.68 Å². The Morgan fingerprint density at radius 3 is 2.74 bits per heavy atom. The molecule has 1 amide bonds. The van der Waals surface area contributed by atoms with Crippen LogP contribution in [0.25, 0.3) is 11.5 Å². The lowest BCUT2D eigenvalue weighted by molar-refractivity contribution is 0.101. The van der Waals surface area contributed by atoms with Crippen molar-refractivity contribution >= 4 is 35.1 Å². The summed E-state index contributed by atoms with van der Waals surface area (Å²) in [5.74, 6) is -0.205. The molecule has 0 radical (unpaired) electrons. The number of benzene rings is 1. The lowest BCUT2D eigenvalue weighted by atomic mass is 10.2. The van der Waals surface area contributed by atoms with Gasteiger partial charge in [-0.25, -0.2) is 0 Å². The average Bonchev–Trinajstić information content (AvgIpc) is 3.06. The molecule has 0 atom stereocenters. The van der Waals surface area contributed by atoms with E-state index in [4.69, 9.17) is 27.6 Å². The summed E-state index contributed by atoms with van der Waals surface area (Å²) >= 11 is 11.9. The quantitative estimate of drug-likeness (QED) is 0.781. The molecule has 0 bridgehead atoms. The molecule has 118 valence electrons. The Bertz CT molecular complexity index is 868. The van der Waals surface area contributed by atoms with Crippen LogP contribution in [0, 0.1) is 6.92 Å². The number of amides is 1. The van der Waals surface area contributed by atoms with Crippen molar-refractivity contribution in [1.82, 2.24) is 20.0 Å². The Morgan fingerprint density at radius 1 is 1.30 bits per heavy atom. The SMILES string of the molecule is Cc1cnn(C)c1C(=O)Nc1nnc(-c2ccc(Cl)cc2Cl)o1. The van der Waals surface area contributed by atoms with Crippen LogP contribution in [0.4, 0.5) is 6.01 Å². The van der Waals surface area contributed by atoms with Gasteiger partial charge in [0.05, 0.1) is 16.8 Å². The number of nitrogens with zero attached hydrogens (tertiary/aromatic N) is 4. The van der Waals surface area contributed by atoms with Crippen LogP contribution in [-0.2, 0) is 7.05 Å². The first kappa shape index (κ1) is 15.5. The van der Waals surface area contributed by atoms with Gasteiger partial charge in [-0.05, 0) is 30.7 Å². The van der Waals surface area contributed by atoms with Crippen molar-refractivity contribution in [2.75, 3.05) is 5.32 Å². The van der Waals surface area contributed by atoms with Crippen LogP contribution in [0.5, 0.6) is 0 Å². The number of aryl methyl sites for hydroxylation is 2. The molecule has 3 aromatic rings. The second kappa shape index (κ2) is 6.02. The number of carbonyl (C=O) groups is 1. The molecule has 0 unspecified atom stereocenters. The molecule has 0 aliphatic carbocycles. The first-order chi connectivity index (χ1) is 11.0. The van der Waals surface area contributed by atoms with Crippen LogP contribution < -0.4 is 5.32 Å². The molecule has 0 aliphatic rings. The van der Waals surface area contributed by atoms with E-state index in [1.54, 1.807) is 38.4 Å². The van der Waals surface area contributed by atoms with E-state index < -0.39 is 0 Å². The highest BCUT2D eigenvalue weighted by atomic mass is 35.5.